The van der Waals surface area contributed by atoms with E-state index in [9.17, 15) is 10.2 Å². The van der Waals surface area contributed by atoms with Gasteiger partial charge in [-0.05, 0) is 163 Å². The van der Waals surface area contributed by atoms with E-state index in [1.54, 1.807) is 0 Å². The Labute approximate surface area is 242 Å². The molecule has 2 unspecified atom stereocenters. The Morgan fingerprint density at radius 3 is 1.59 bits per heavy atom. The van der Waals surface area contributed by atoms with Gasteiger partial charge in [0, 0.05) is 18.1 Å². The summed E-state index contributed by atoms with van der Waals surface area (Å²) < 4.78 is 0. The predicted molar refractivity (Wildman–Crippen MR) is 164 cm³/mol. The third-order valence-corrected chi connectivity index (χ3v) is 13.3. The van der Waals surface area contributed by atoms with Crippen LogP contribution in [0.1, 0.15) is 162 Å². The normalized spacial score (nSPS) is 44.2. The molecule has 3 nitrogen and oxygen atoms in total. The lowest BCUT2D eigenvalue weighted by atomic mass is 9.57. The molecule has 2 atom stereocenters. The molecule has 39 heavy (non-hydrogen) atoms. The van der Waals surface area contributed by atoms with Crippen LogP contribution >= 0.6 is 0 Å². The molecule has 5 fully saturated rings. The summed E-state index contributed by atoms with van der Waals surface area (Å²) in [6.07, 6.45) is 29.0. The standard InChI is InChI=1S/C36H65NO2/c1-26-7-15-31(16-8-26)37(33-6-4-5-27(2)25-33)32-17-9-28(10-18-32)23-24-36(3,29-11-19-34(38)20-12-29)30-13-21-35(39)22-14-30/h26-35,38-39H,4-25H2,1-3H3. The Balaban J connectivity index is 1.19. The molecule has 0 heterocycles. The Hall–Kier alpha value is -0.120. The average molecular weight is 544 g/mol. The van der Waals surface area contributed by atoms with E-state index in [1.165, 1.54) is 116 Å². The molecule has 5 aliphatic rings. The van der Waals surface area contributed by atoms with Crippen molar-refractivity contribution in [3.63, 3.8) is 0 Å². The van der Waals surface area contributed by atoms with Gasteiger partial charge in [0.1, 0.15) is 0 Å². The summed E-state index contributed by atoms with van der Waals surface area (Å²) in [5, 5.41) is 20.4. The highest BCUT2D eigenvalue weighted by Gasteiger charge is 2.44. The molecule has 0 aromatic rings. The van der Waals surface area contributed by atoms with E-state index in [0.29, 0.717) is 5.41 Å². The first-order valence-electron chi connectivity index (χ1n) is 17.9. The Bertz CT molecular complexity index is 686. The molecule has 0 saturated heterocycles. The molecule has 2 N–H and O–H groups in total. The summed E-state index contributed by atoms with van der Waals surface area (Å²) in [5.41, 5.74) is 0.403. The van der Waals surface area contributed by atoms with Gasteiger partial charge in [-0.1, -0.05) is 33.6 Å². The van der Waals surface area contributed by atoms with Crippen molar-refractivity contribution in [2.75, 3.05) is 0 Å². The minimum atomic E-state index is -0.0589. The van der Waals surface area contributed by atoms with Crippen molar-refractivity contribution < 1.29 is 10.2 Å². The zero-order chi connectivity index (χ0) is 27.4. The van der Waals surface area contributed by atoms with Crippen LogP contribution in [0.15, 0.2) is 0 Å². The molecule has 0 aliphatic heterocycles. The maximum Gasteiger partial charge on any atom is 0.0540 e. The van der Waals surface area contributed by atoms with E-state index >= 15 is 0 Å². The van der Waals surface area contributed by atoms with Gasteiger partial charge in [-0.3, -0.25) is 4.90 Å². The molecule has 226 valence electrons. The average Bonchev–Trinajstić information content (AvgIpc) is 2.94. The van der Waals surface area contributed by atoms with E-state index < -0.39 is 0 Å². The van der Waals surface area contributed by atoms with Crippen LogP contribution in [0, 0.1) is 35.0 Å². The van der Waals surface area contributed by atoms with Crippen molar-refractivity contribution in [3.05, 3.63) is 0 Å². The fourth-order valence-corrected chi connectivity index (χ4v) is 10.6. The minimum Gasteiger partial charge on any atom is -0.393 e. The molecule has 0 aromatic carbocycles. The van der Waals surface area contributed by atoms with Crippen LogP contribution in [0.25, 0.3) is 0 Å². The molecule has 5 aliphatic carbocycles. The topological polar surface area (TPSA) is 43.7 Å². The van der Waals surface area contributed by atoms with E-state index in [2.05, 4.69) is 25.7 Å². The van der Waals surface area contributed by atoms with Crippen molar-refractivity contribution in [1.82, 2.24) is 4.90 Å². The minimum absolute atomic E-state index is 0.0589. The Morgan fingerprint density at radius 1 is 0.564 bits per heavy atom. The van der Waals surface area contributed by atoms with Gasteiger partial charge < -0.3 is 10.2 Å². The lowest BCUT2D eigenvalue weighted by Gasteiger charge is -2.50. The summed E-state index contributed by atoms with van der Waals surface area (Å²) in [4.78, 5) is 3.16. The number of aliphatic hydroxyl groups excluding tert-OH is 2. The molecule has 0 radical (unpaired) electrons. The third kappa shape index (κ3) is 7.64. The van der Waals surface area contributed by atoms with Gasteiger partial charge in [-0.25, -0.2) is 0 Å². The number of hydrogen-bond acceptors (Lipinski definition) is 3. The van der Waals surface area contributed by atoms with E-state index in [-0.39, 0.29) is 12.2 Å². The van der Waals surface area contributed by atoms with Crippen LogP contribution < -0.4 is 0 Å². The molecule has 5 saturated carbocycles. The van der Waals surface area contributed by atoms with Crippen LogP contribution in [0.2, 0.25) is 0 Å². The van der Waals surface area contributed by atoms with Crippen molar-refractivity contribution in [1.29, 1.82) is 0 Å². The number of aliphatic hydroxyl groups is 2. The van der Waals surface area contributed by atoms with Gasteiger partial charge in [-0.15, -0.1) is 0 Å². The summed E-state index contributed by atoms with van der Waals surface area (Å²) in [6.45, 7) is 7.63. The highest BCUT2D eigenvalue weighted by molar-refractivity contribution is 4.96. The lowest BCUT2D eigenvalue weighted by molar-refractivity contribution is -0.0221. The van der Waals surface area contributed by atoms with Crippen LogP contribution in [0.5, 0.6) is 0 Å². The second-order valence-electron chi connectivity index (χ2n) is 16.0. The second-order valence-corrected chi connectivity index (χ2v) is 16.0. The lowest BCUT2D eigenvalue weighted by Crippen LogP contribution is -2.53. The molecular weight excluding hydrogens is 478 g/mol. The molecule has 3 heteroatoms. The fourth-order valence-electron chi connectivity index (χ4n) is 10.6. The largest absolute Gasteiger partial charge is 0.393 e. The zero-order valence-corrected chi connectivity index (χ0v) is 26.2. The van der Waals surface area contributed by atoms with Crippen molar-refractivity contribution in [2.45, 2.75) is 192 Å². The summed E-state index contributed by atoms with van der Waals surface area (Å²) >= 11 is 0. The maximum absolute atomic E-state index is 10.2. The summed E-state index contributed by atoms with van der Waals surface area (Å²) in [6, 6.07) is 2.57. The van der Waals surface area contributed by atoms with Gasteiger partial charge >= 0.3 is 0 Å². The number of nitrogens with zero attached hydrogens (tertiary/aromatic N) is 1. The zero-order valence-electron chi connectivity index (χ0n) is 26.2. The fraction of sp³-hybridized carbons (Fsp3) is 1.00. The van der Waals surface area contributed by atoms with Crippen LogP contribution in [-0.4, -0.2) is 45.4 Å². The van der Waals surface area contributed by atoms with Crippen molar-refractivity contribution >= 4 is 0 Å². The smallest absolute Gasteiger partial charge is 0.0540 e. The third-order valence-electron chi connectivity index (χ3n) is 13.3. The van der Waals surface area contributed by atoms with Gasteiger partial charge in [0.15, 0.2) is 0 Å². The van der Waals surface area contributed by atoms with Crippen molar-refractivity contribution in [3.8, 4) is 0 Å². The monoisotopic (exact) mass is 544 g/mol. The molecule has 0 amide bonds. The van der Waals surface area contributed by atoms with Gasteiger partial charge in [0.2, 0.25) is 0 Å². The first kappa shape index (κ1) is 30.3. The quantitative estimate of drug-likeness (QED) is 0.321. The van der Waals surface area contributed by atoms with E-state index in [4.69, 9.17) is 0 Å². The van der Waals surface area contributed by atoms with Crippen molar-refractivity contribution in [2.24, 2.45) is 35.0 Å². The highest BCUT2D eigenvalue weighted by atomic mass is 16.3. The van der Waals surface area contributed by atoms with Crippen LogP contribution in [0.3, 0.4) is 0 Å². The molecule has 5 rings (SSSR count). The van der Waals surface area contributed by atoms with Crippen LogP contribution in [0.4, 0.5) is 0 Å². The molecular formula is C36H65NO2. The highest BCUT2D eigenvalue weighted by Crippen LogP contribution is 2.52. The molecule has 0 aromatic heterocycles. The molecule has 0 spiro atoms. The SMILES string of the molecule is CC1CCC(N(C2CCC(CCC(C)(C3CCC(O)CC3)C3CCC(O)CC3)CC2)C2CCCC(C)C2)CC1. The summed E-state index contributed by atoms with van der Waals surface area (Å²) in [5.74, 6) is 4.33. The number of hydrogen-bond donors (Lipinski definition) is 2. The Kier molecular flexibility index (Phi) is 10.8. The van der Waals surface area contributed by atoms with E-state index in [1.807, 2.05) is 0 Å². The summed E-state index contributed by atoms with van der Waals surface area (Å²) in [7, 11) is 0. The van der Waals surface area contributed by atoms with E-state index in [0.717, 1.165) is 73.4 Å². The number of rotatable bonds is 8. The van der Waals surface area contributed by atoms with Gasteiger partial charge in [-0.2, -0.15) is 0 Å². The first-order chi connectivity index (χ1) is 18.8. The molecule has 0 bridgehead atoms. The second kappa shape index (κ2) is 13.9. The van der Waals surface area contributed by atoms with Gasteiger partial charge in [0.25, 0.3) is 0 Å². The van der Waals surface area contributed by atoms with Crippen LogP contribution in [-0.2, 0) is 0 Å². The van der Waals surface area contributed by atoms with Gasteiger partial charge in [0.05, 0.1) is 12.2 Å². The first-order valence-corrected chi connectivity index (χ1v) is 17.9. The Morgan fingerprint density at radius 2 is 1.08 bits per heavy atom. The maximum atomic E-state index is 10.2. The predicted octanol–water partition coefficient (Wildman–Crippen LogP) is 8.89.